The summed E-state index contributed by atoms with van der Waals surface area (Å²) < 4.78 is 13.8. The van der Waals surface area contributed by atoms with Crippen LogP contribution in [0.5, 0.6) is 0 Å². The minimum Gasteiger partial charge on any atom is -0.358 e. The Labute approximate surface area is 226 Å². The van der Waals surface area contributed by atoms with Crippen molar-refractivity contribution in [3.8, 4) is 22.8 Å². The van der Waals surface area contributed by atoms with Crippen LogP contribution in [-0.2, 0) is 0 Å². The third-order valence-corrected chi connectivity index (χ3v) is 6.52. The molecule has 4 heterocycles. The van der Waals surface area contributed by atoms with Crippen LogP contribution in [0.15, 0.2) is 73.3 Å². The number of fused-ring (bicyclic) bond motifs is 1. The van der Waals surface area contributed by atoms with E-state index in [1.807, 2.05) is 43.5 Å². The van der Waals surface area contributed by atoms with E-state index in [4.69, 9.17) is 4.98 Å². The van der Waals surface area contributed by atoms with Crippen molar-refractivity contribution in [3.05, 3.63) is 95.3 Å². The Morgan fingerprint density at radius 3 is 2.69 bits per heavy atom. The molecule has 5 aromatic rings. The van der Waals surface area contributed by atoms with Crippen LogP contribution in [0.4, 0.5) is 10.1 Å². The van der Waals surface area contributed by atoms with Gasteiger partial charge in [0.15, 0.2) is 5.82 Å². The van der Waals surface area contributed by atoms with Crippen LogP contribution in [-0.4, -0.2) is 30.1 Å². The predicted octanol–water partition coefficient (Wildman–Crippen LogP) is 5.82. The third-order valence-electron chi connectivity index (χ3n) is 6.52. The summed E-state index contributed by atoms with van der Waals surface area (Å²) in [5.41, 5.74) is 7.02. The standard InChI is InChI=1S/C31H30FN7/c1-18(22-15-24(17-33-16-22)35-20(3)31(4,5)6)10-11-25-19(2)27(39-38-25)30-36-26-12-13-34-28(29(26)37-30)21-8-7-9-23(32)14-21/h7-17,35,38H,2-3H2,1,4-6H3,(H,36,37)/b18-10+,25-11+. The van der Waals surface area contributed by atoms with Crippen molar-refractivity contribution in [1.82, 2.24) is 30.1 Å². The molecule has 1 aromatic carbocycles. The molecule has 196 valence electrons. The highest BCUT2D eigenvalue weighted by Gasteiger charge is 2.16. The molecule has 0 aliphatic carbocycles. The van der Waals surface area contributed by atoms with E-state index in [2.05, 4.69) is 64.4 Å². The van der Waals surface area contributed by atoms with E-state index < -0.39 is 0 Å². The number of halogens is 1. The van der Waals surface area contributed by atoms with Crippen LogP contribution < -0.4 is 15.9 Å². The molecule has 5 rings (SSSR count). The number of rotatable bonds is 6. The number of aromatic amines is 2. The molecule has 0 radical (unpaired) electrons. The second kappa shape index (κ2) is 10.1. The summed E-state index contributed by atoms with van der Waals surface area (Å²) in [5.74, 6) is 0.228. The van der Waals surface area contributed by atoms with E-state index in [-0.39, 0.29) is 11.2 Å². The number of hydrogen-bond acceptors (Lipinski definition) is 5. The zero-order chi connectivity index (χ0) is 27.7. The maximum Gasteiger partial charge on any atom is 0.159 e. The van der Waals surface area contributed by atoms with Crippen molar-refractivity contribution in [1.29, 1.82) is 0 Å². The van der Waals surface area contributed by atoms with Gasteiger partial charge in [0.05, 0.1) is 28.4 Å². The first-order chi connectivity index (χ1) is 18.6. The van der Waals surface area contributed by atoms with Crippen molar-refractivity contribution < 1.29 is 4.39 Å². The molecule has 0 saturated carbocycles. The third kappa shape index (κ3) is 5.40. The zero-order valence-electron chi connectivity index (χ0n) is 22.4. The molecule has 0 bridgehead atoms. The second-order valence-corrected chi connectivity index (χ2v) is 10.4. The van der Waals surface area contributed by atoms with Gasteiger partial charge in [-0.2, -0.15) is 5.10 Å². The fraction of sp³-hybridized carbons (Fsp3) is 0.161. The largest absolute Gasteiger partial charge is 0.358 e. The van der Waals surface area contributed by atoms with Gasteiger partial charge in [0.25, 0.3) is 0 Å². The molecule has 0 spiro atoms. The monoisotopic (exact) mass is 519 g/mol. The number of imidazole rings is 1. The number of hydrogen-bond donors (Lipinski definition) is 3. The van der Waals surface area contributed by atoms with Gasteiger partial charge in [-0.25, -0.2) is 9.37 Å². The van der Waals surface area contributed by atoms with Crippen LogP contribution in [0.3, 0.4) is 0 Å². The number of benzene rings is 1. The topological polar surface area (TPSA) is 95.2 Å². The lowest BCUT2D eigenvalue weighted by Gasteiger charge is -2.23. The highest BCUT2D eigenvalue weighted by Crippen LogP contribution is 2.28. The Bertz CT molecular complexity index is 1840. The van der Waals surface area contributed by atoms with Crippen molar-refractivity contribution in [2.24, 2.45) is 5.41 Å². The molecule has 4 aromatic heterocycles. The summed E-state index contributed by atoms with van der Waals surface area (Å²) >= 11 is 0. The molecule has 0 saturated heterocycles. The summed E-state index contributed by atoms with van der Waals surface area (Å²) in [6.07, 6.45) is 9.22. The fourth-order valence-corrected chi connectivity index (χ4v) is 4.00. The van der Waals surface area contributed by atoms with Crippen LogP contribution in [0, 0.1) is 11.2 Å². The van der Waals surface area contributed by atoms with Gasteiger partial charge >= 0.3 is 0 Å². The van der Waals surface area contributed by atoms with E-state index in [9.17, 15) is 4.39 Å². The number of H-pyrrole nitrogens is 2. The molecule has 39 heavy (non-hydrogen) atoms. The van der Waals surface area contributed by atoms with Crippen molar-refractivity contribution in [2.75, 3.05) is 5.32 Å². The van der Waals surface area contributed by atoms with Crippen LogP contribution in [0.2, 0.25) is 0 Å². The van der Waals surface area contributed by atoms with E-state index in [1.165, 1.54) is 12.1 Å². The number of pyridine rings is 2. The van der Waals surface area contributed by atoms with Gasteiger partial charge in [0.2, 0.25) is 0 Å². The van der Waals surface area contributed by atoms with Crippen LogP contribution in [0.25, 0.3) is 52.0 Å². The van der Waals surface area contributed by atoms with Gasteiger partial charge in [-0.3, -0.25) is 15.1 Å². The molecule has 8 heteroatoms. The summed E-state index contributed by atoms with van der Waals surface area (Å²) in [7, 11) is 0. The molecule has 3 N–H and O–H groups in total. The lowest BCUT2D eigenvalue weighted by molar-refractivity contribution is 0.509. The fourth-order valence-electron chi connectivity index (χ4n) is 4.00. The normalized spacial score (nSPS) is 12.7. The zero-order valence-corrected chi connectivity index (χ0v) is 22.4. The molecule has 0 aliphatic heterocycles. The lowest BCUT2D eigenvalue weighted by Crippen LogP contribution is -2.21. The van der Waals surface area contributed by atoms with Gasteiger partial charge in [0.1, 0.15) is 17.0 Å². The minimum atomic E-state index is -0.327. The molecule has 7 nitrogen and oxygen atoms in total. The Hall–Kier alpha value is -4.85. The van der Waals surface area contributed by atoms with Gasteiger partial charge < -0.3 is 10.3 Å². The quantitative estimate of drug-likeness (QED) is 0.263. The second-order valence-electron chi connectivity index (χ2n) is 10.4. The van der Waals surface area contributed by atoms with E-state index in [1.54, 1.807) is 18.5 Å². The highest BCUT2D eigenvalue weighted by molar-refractivity contribution is 5.91. The van der Waals surface area contributed by atoms with E-state index in [0.717, 1.165) is 33.4 Å². The number of aromatic nitrogens is 6. The smallest absolute Gasteiger partial charge is 0.159 e. The number of nitrogens with zero attached hydrogens (tertiary/aromatic N) is 4. The average molecular weight is 520 g/mol. The van der Waals surface area contributed by atoms with Gasteiger partial charge in [-0.05, 0) is 48.4 Å². The summed E-state index contributed by atoms with van der Waals surface area (Å²) in [4.78, 5) is 16.9. The summed E-state index contributed by atoms with van der Waals surface area (Å²) in [6, 6.07) is 10.2. The highest BCUT2D eigenvalue weighted by atomic mass is 19.1. The van der Waals surface area contributed by atoms with Gasteiger partial charge in [0, 0.05) is 34.3 Å². The summed E-state index contributed by atoms with van der Waals surface area (Å²) in [5, 5.41) is 12.3. The predicted molar refractivity (Wildman–Crippen MR) is 156 cm³/mol. The first kappa shape index (κ1) is 25.8. The molecule has 0 atom stereocenters. The Morgan fingerprint density at radius 2 is 1.92 bits per heavy atom. The van der Waals surface area contributed by atoms with Crippen molar-refractivity contribution >= 4 is 34.9 Å². The SMILES string of the molecule is C=C(Nc1cncc(/C(C)=C/C=c2/[nH]nc(-c3nc4c(-c5cccc(F)c5)nccc4[nH]3)c2=C)c1)C(C)(C)C. The van der Waals surface area contributed by atoms with Crippen LogP contribution in [0.1, 0.15) is 33.3 Å². The van der Waals surface area contributed by atoms with Gasteiger partial charge in [-0.15, -0.1) is 0 Å². The number of allylic oxidation sites excluding steroid dienone is 3. The Balaban J connectivity index is 1.44. The van der Waals surface area contributed by atoms with Crippen molar-refractivity contribution in [3.63, 3.8) is 0 Å². The minimum absolute atomic E-state index is 0.0606. The first-order valence-corrected chi connectivity index (χ1v) is 12.5. The first-order valence-electron chi connectivity index (χ1n) is 12.5. The van der Waals surface area contributed by atoms with E-state index >= 15 is 0 Å². The number of anilines is 1. The molecule has 0 amide bonds. The van der Waals surface area contributed by atoms with E-state index in [0.29, 0.717) is 33.5 Å². The maximum absolute atomic E-state index is 13.8. The molecule has 0 unspecified atom stereocenters. The molecular weight excluding hydrogens is 489 g/mol. The molecule has 0 fully saturated rings. The maximum atomic E-state index is 13.8. The van der Waals surface area contributed by atoms with Gasteiger partial charge in [-0.1, -0.05) is 52.1 Å². The van der Waals surface area contributed by atoms with Crippen molar-refractivity contribution in [2.45, 2.75) is 27.7 Å². The molecule has 0 aliphatic rings. The average Bonchev–Trinajstić information content (AvgIpc) is 3.49. The summed E-state index contributed by atoms with van der Waals surface area (Å²) in [6.45, 7) is 16.7. The Morgan fingerprint density at radius 1 is 1.10 bits per heavy atom. The van der Waals surface area contributed by atoms with Crippen LogP contribution >= 0.6 is 0 Å². The number of nitrogens with one attached hydrogen (secondary N) is 3. The lowest BCUT2D eigenvalue weighted by atomic mass is 9.93. The Kier molecular flexibility index (Phi) is 6.70. The molecular formula is C31H30FN7.